The standard InChI is InChI=1S/C38H40F5N3O7S2/c1-53-36(50)45-33(32(25-8-4-2-5-9-25)26-10-6-3-7-11-26)35(49)44-22-28-14-17-31(54-28)30(18-19-47)46(23-24-20-37(39,40)21-24)55(51,52)29-15-12-27(13-16-29)34(48)38(41,42)43/h2-17,24,30,32-34,47-48H,18-23H2,1H3,(H,44,49)(H,45,50)/t30-,33+,34?/m1/s1. The van der Waals surface area contributed by atoms with E-state index in [0.717, 1.165) is 51.0 Å². The number of rotatable bonds is 16. The third-order valence-electron chi connectivity index (χ3n) is 9.32. The Morgan fingerprint density at radius 3 is 2.02 bits per heavy atom. The zero-order valence-electron chi connectivity index (χ0n) is 29.5. The molecule has 55 heavy (non-hydrogen) atoms. The summed E-state index contributed by atoms with van der Waals surface area (Å²) in [6.07, 6.45) is -9.97. The maximum absolute atomic E-state index is 14.1. The number of ether oxygens (including phenoxy) is 1. The second-order valence-electron chi connectivity index (χ2n) is 13.2. The second-order valence-corrected chi connectivity index (χ2v) is 16.3. The largest absolute Gasteiger partial charge is 0.453 e. The summed E-state index contributed by atoms with van der Waals surface area (Å²) in [5.74, 6) is -4.90. The molecule has 1 fully saturated rings. The maximum atomic E-state index is 14.1. The normalized spacial score (nSPS) is 16.3. The molecule has 10 nitrogen and oxygen atoms in total. The first-order valence-electron chi connectivity index (χ1n) is 17.2. The van der Waals surface area contributed by atoms with Crippen molar-refractivity contribution in [2.24, 2.45) is 5.92 Å². The predicted octanol–water partition coefficient (Wildman–Crippen LogP) is 6.68. The number of hydrogen-bond acceptors (Lipinski definition) is 8. The highest BCUT2D eigenvalue weighted by Gasteiger charge is 2.48. The SMILES string of the molecule is COC(=O)N[C@H](C(=O)NCc1ccc([C@@H](CCO)N(CC2CC(F)(F)C2)S(=O)(=O)c2ccc(C(O)C(F)(F)F)cc2)s1)C(c1ccccc1)c1ccccc1. The zero-order chi connectivity index (χ0) is 40.0. The first-order chi connectivity index (χ1) is 26.0. The van der Waals surface area contributed by atoms with Crippen LogP contribution in [0.5, 0.6) is 0 Å². The Bertz CT molecular complexity index is 1950. The molecule has 0 spiro atoms. The molecule has 3 aromatic carbocycles. The number of aliphatic hydroxyl groups excluding tert-OH is 2. The summed E-state index contributed by atoms with van der Waals surface area (Å²) >= 11 is 1.11. The molecule has 4 N–H and O–H groups in total. The number of carbonyl (C=O) groups is 2. The summed E-state index contributed by atoms with van der Waals surface area (Å²) in [5.41, 5.74) is 0.899. The van der Waals surface area contributed by atoms with Crippen LogP contribution in [0.4, 0.5) is 26.7 Å². The molecule has 4 aromatic rings. The van der Waals surface area contributed by atoms with Crippen LogP contribution in [0.3, 0.4) is 0 Å². The molecule has 0 saturated heterocycles. The van der Waals surface area contributed by atoms with E-state index in [-0.39, 0.29) is 19.5 Å². The maximum Gasteiger partial charge on any atom is 0.418 e. The summed E-state index contributed by atoms with van der Waals surface area (Å²) in [6.45, 7) is -0.921. The zero-order valence-corrected chi connectivity index (χ0v) is 31.1. The number of halogens is 5. The number of hydrogen-bond donors (Lipinski definition) is 4. The van der Waals surface area contributed by atoms with Crippen LogP contribution < -0.4 is 10.6 Å². The van der Waals surface area contributed by atoms with Crippen molar-refractivity contribution in [1.82, 2.24) is 14.9 Å². The molecule has 1 aliphatic carbocycles. The van der Waals surface area contributed by atoms with Gasteiger partial charge in [0.25, 0.3) is 0 Å². The van der Waals surface area contributed by atoms with E-state index in [4.69, 9.17) is 4.74 Å². The average molecular weight is 810 g/mol. The van der Waals surface area contributed by atoms with Gasteiger partial charge in [-0.3, -0.25) is 4.79 Å². The third-order valence-corrected chi connectivity index (χ3v) is 12.4. The van der Waals surface area contributed by atoms with Crippen LogP contribution in [-0.2, 0) is 26.1 Å². The Morgan fingerprint density at radius 1 is 0.927 bits per heavy atom. The topological polar surface area (TPSA) is 145 Å². The highest BCUT2D eigenvalue weighted by molar-refractivity contribution is 7.89. The number of methoxy groups -OCH3 is 1. The summed E-state index contributed by atoms with van der Waals surface area (Å²) in [5, 5.41) is 25.2. The number of aliphatic hydroxyl groups is 2. The number of alkyl carbamates (subject to hydrolysis) is 1. The number of thiophene rings is 1. The Morgan fingerprint density at radius 2 is 1.51 bits per heavy atom. The van der Waals surface area contributed by atoms with Crippen molar-refractivity contribution in [2.75, 3.05) is 20.3 Å². The van der Waals surface area contributed by atoms with Crippen LogP contribution >= 0.6 is 11.3 Å². The Kier molecular flexibility index (Phi) is 13.3. The molecule has 1 saturated carbocycles. The van der Waals surface area contributed by atoms with Gasteiger partial charge in [0.1, 0.15) is 6.04 Å². The van der Waals surface area contributed by atoms with Crippen molar-refractivity contribution in [3.05, 3.63) is 124 Å². The van der Waals surface area contributed by atoms with Gasteiger partial charge in [0.2, 0.25) is 21.9 Å². The van der Waals surface area contributed by atoms with E-state index in [9.17, 15) is 50.2 Å². The molecule has 1 aliphatic rings. The van der Waals surface area contributed by atoms with Gasteiger partial charge in [-0.25, -0.2) is 22.0 Å². The van der Waals surface area contributed by atoms with Crippen molar-refractivity contribution in [3.63, 3.8) is 0 Å². The minimum absolute atomic E-state index is 0.0599. The lowest BCUT2D eigenvalue weighted by Gasteiger charge is -2.40. The van der Waals surface area contributed by atoms with E-state index in [2.05, 4.69) is 10.6 Å². The lowest BCUT2D eigenvalue weighted by molar-refractivity contribution is -0.206. The first-order valence-corrected chi connectivity index (χ1v) is 19.5. The molecule has 0 bridgehead atoms. The van der Waals surface area contributed by atoms with Gasteiger partial charge in [-0.15, -0.1) is 11.3 Å². The van der Waals surface area contributed by atoms with E-state index in [0.29, 0.717) is 9.75 Å². The molecule has 1 heterocycles. The number of nitrogens with one attached hydrogen (secondary N) is 2. The van der Waals surface area contributed by atoms with Gasteiger partial charge in [-0.1, -0.05) is 72.8 Å². The summed E-state index contributed by atoms with van der Waals surface area (Å²) in [4.78, 5) is 26.9. The minimum atomic E-state index is -4.99. The van der Waals surface area contributed by atoms with Gasteiger partial charge in [0, 0.05) is 41.7 Å². The van der Waals surface area contributed by atoms with E-state index >= 15 is 0 Å². The fourth-order valence-electron chi connectivity index (χ4n) is 6.60. The molecular formula is C38H40F5N3O7S2. The van der Waals surface area contributed by atoms with Crippen LogP contribution in [0.25, 0.3) is 0 Å². The lowest BCUT2D eigenvalue weighted by atomic mass is 9.81. The lowest BCUT2D eigenvalue weighted by Crippen LogP contribution is -2.50. The minimum Gasteiger partial charge on any atom is -0.453 e. The highest BCUT2D eigenvalue weighted by Crippen LogP contribution is 2.45. The first kappa shape index (κ1) is 41.7. The smallest absolute Gasteiger partial charge is 0.418 e. The van der Waals surface area contributed by atoms with Gasteiger partial charge >= 0.3 is 12.3 Å². The molecule has 0 radical (unpaired) electrons. The molecular weight excluding hydrogens is 770 g/mol. The van der Waals surface area contributed by atoms with Crippen LogP contribution in [0, 0.1) is 5.92 Å². The van der Waals surface area contributed by atoms with E-state index in [1.54, 1.807) is 12.1 Å². The third kappa shape index (κ3) is 10.3. The molecule has 3 atom stereocenters. The number of benzene rings is 3. The summed E-state index contributed by atoms with van der Waals surface area (Å²) in [6, 6.07) is 22.7. The second kappa shape index (κ2) is 17.6. The van der Waals surface area contributed by atoms with Gasteiger partial charge in [0.15, 0.2) is 6.10 Å². The van der Waals surface area contributed by atoms with Crippen molar-refractivity contribution in [2.45, 2.75) is 66.9 Å². The van der Waals surface area contributed by atoms with Crippen molar-refractivity contribution >= 4 is 33.4 Å². The van der Waals surface area contributed by atoms with E-state index in [1.807, 2.05) is 60.7 Å². The fourth-order valence-corrected chi connectivity index (χ4v) is 9.47. The molecule has 0 aliphatic heterocycles. The quantitative estimate of drug-likeness (QED) is 0.0926. The van der Waals surface area contributed by atoms with Crippen LogP contribution in [-0.4, -0.2) is 73.3 Å². The summed E-state index contributed by atoms with van der Waals surface area (Å²) < 4.78 is 101. The number of amides is 2. The van der Waals surface area contributed by atoms with Crippen LogP contribution in [0.15, 0.2) is 102 Å². The number of nitrogens with zero attached hydrogens (tertiary/aromatic N) is 1. The Balaban J connectivity index is 1.41. The van der Waals surface area contributed by atoms with Crippen LogP contribution in [0.2, 0.25) is 0 Å². The van der Waals surface area contributed by atoms with Crippen molar-refractivity contribution in [3.8, 4) is 0 Å². The molecule has 1 unspecified atom stereocenters. The average Bonchev–Trinajstić information content (AvgIpc) is 3.63. The molecule has 17 heteroatoms. The molecule has 1 aromatic heterocycles. The van der Waals surface area contributed by atoms with Crippen molar-refractivity contribution in [1.29, 1.82) is 0 Å². The van der Waals surface area contributed by atoms with Gasteiger partial charge in [-0.05, 0) is 53.3 Å². The van der Waals surface area contributed by atoms with E-state index in [1.165, 1.54) is 7.11 Å². The predicted molar refractivity (Wildman–Crippen MR) is 194 cm³/mol. The van der Waals surface area contributed by atoms with Gasteiger partial charge in [-0.2, -0.15) is 17.5 Å². The van der Waals surface area contributed by atoms with Crippen LogP contribution in [0.1, 0.15) is 63.8 Å². The number of sulfonamides is 1. The van der Waals surface area contributed by atoms with Gasteiger partial charge in [0.05, 0.1) is 24.6 Å². The van der Waals surface area contributed by atoms with E-state index < -0.39 is 94.1 Å². The number of carbonyl (C=O) groups excluding carboxylic acids is 2. The van der Waals surface area contributed by atoms with Crippen molar-refractivity contribution < 1.29 is 54.9 Å². The Hall–Kier alpha value is -4.42. The molecule has 2 amide bonds. The van der Waals surface area contributed by atoms with Gasteiger partial charge < -0.3 is 25.6 Å². The monoisotopic (exact) mass is 809 g/mol. The fraction of sp³-hybridized carbons (Fsp3) is 0.368. The number of alkyl halides is 5. The molecule has 5 rings (SSSR count). The Labute approximate surface area is 319 Å². The summed E-state index contributed by atoms with van der Waals surface area (Å²) in [7, 11) is -3.39. The highest BCUT2D eigenvalue weighted by atomic mass is 32.2. The molecule has 296 valence electrons.